The lowest BCUT2D eigenvalue weighted by molar-refractivity contribution is -0.385. The molecule has 2 aromatic rings. The third kappa shape index (κ3) is 2.50. The molecule has 0 radical (unpaired) electrons. The van der Waals surface area contributed by atoms with Gasteiger partial charge in [0.25, 0.3) is 0 Å². The van der Waals surface area contributed by atoms with Crippen molar-refractivity contribution in [2.45, 2.75) is 38.1 Å². The van der Waals surface area contributed by atoms with Crippen LogP contribution in [0.5, 0.6) is 5.75 Å². The highest BCUT2D eigenvalue weighted by molar-refractivity contribution is 5.63. The minimum absolute atomic E-state index is 0.0122. The standard InChI is InChI=1S/C19H22N2O3/c1-19(2)14-8-4-5-9-15(14)20(3)17(19)12-11-13-7-6-10-16(18(13)22)21(23)24/h4-10,17,22H,11-12H2,1-3H3. The molecule has 0 aromatic heterocycles. The molecule has 0 aliphatic carbocycles. The normalized spacial score (nSPS) is 18.5. The van der Waals surface area contributed by atoms with Gasteiger partial charge in [-0.25, -0.2) is 0 Å². The SMILES string of the molecule is CN1c2ccccc2C(C)(C)C1CCc1cccc([N+](=O)[O-])c1O. The van der Waals surface area contributed by atoms with Crippen LogP contribution in [0.25, 0.3) is 0 Å². The Morgan fingerprint density at radius 3 is 2.58 bits per heavy atom. The molecule has 0 bridgehead atoms. The van der Waals surface area contributed by atoms with E-state index in [9.17, 15) is 15.2 Å². The van der Waals surface area contributed by atoms with Gasteiger partial charge in [0.05, 0.1) is 4.92 Å². The van der Waals surface area contributed by atoms with Crippen molar-refractivity contribution in [1.29, 1.82) is 0 Å². The molecule has 0 saturated carbocycles. The average molecular weight is 326 g/mol. The summed E-state index contributed by atoms with van der Waals surface area (Å²) in [6, 6.07) is 13.4. The van der Waals surface area contributed by atoms with Gasteiger partial charge < -0.3 is 10.0 Å². The van der Waals surface area contributed by atoms with Crippen LogP contribution in [0.3, 0.4) is 0 Å². The Bertz CT molecular complexity index is 786. The number of nitro groups is 1. The van der Waals surface area contributed by atoms with Crippen molar-refractivity contribution in [1.82, 2.24) is 0 Å². The molecule has 0 amide bonds. The lowest BCUT2D eigenvalue weighted by Gasteiger charge is -2.32. The summed E-state index contributed by atoms with van der Waals surface area (Å²) in [4.78, 5) is 12.7. The highest BCUT2D eigenvalue weighted by Crippen LogP contribution is 2.46. The van der Waals surface area contributed by atoms with Crippen molar-refractivity contribution in [3.05, 3.63) is 63.7 Å². The number of fused-ring (bicyclic) bond motifs is 1. The molecule has 0 spiro atoms. The van der Waals surface area contributed by atoms with Crippen LogP contribution in [0.4, 0.5) is 11.4 Å². The molecule has 1 atom stereocenters. The number of hydrogen-bond donors (Lipinski definition) is 1. The minimum Gasteiger partial charge on any atom is -0.502 e. The number of phenols is 1. The molecule has 1 unspecified atom stereocenters. The number of phenolic OH excluding ortho intramolecular Hbond substituents is 1. The quantitative estimate of drug-likeness (QED) is 0.680. The van der Waals surface area contributed by atoms with Crippen molar-refractivity contribution in [3.63, 3.8) is 0 Å². The number of nitrogens with zero attached hydrogens (tertiary/aromatic N) is 2. The number of aryl methyl sites for hydroxylation is 1. The van der Waals surface area contributed by atoms with Crippen molar-refractivity contribution >= 4 is 11.4 Å². The van der Waals surface area contributed by atoms with Gasteiger partial charge in [-0.2, -0.15) is 0 Å². The Kier molecular flexibility index (Phi) is 3.95. The summed E-state index contributed by atoms with van der Waals surface area (Å²) in [5.41, 5.74) is 2.94. The van der Waals surface area contributed by atoms with Crippen LogP contribution in [-0.4, -0.2) is 23.1 Å². The van der Waals surface area contributed by atoms with Crippen LogP contribution in [0.15, 0.2) is 42.5 Å². The Balaban J connectivity index is 1.84. The Morgan fingerprint density at radius 2 is 1.92 bits per heavy atom. The highest BCUT2D eigenvalue weighted by atomic mass is 16.6. The first-order chi connectivity index (χ1) is 11.3. The molecule has 3 rings (SSSR count). The lowest BCUT2D eigenvalue weighted by Crippen LogP contribution is -2.39. The van der Waals surface area contributed by atoms with Crippen molar-refractivity contribution in [3.8, 4) is 5.75 Å². The average Bonchev–Trinajstić information content (AvgIpc) is 2.74. The zero-order valence-corrected chi connectivity index (χ0v) is 14.2. The van der Waals surface area contributed by atoms with Crippen LogP contribution >= 0.6 is 0 Å². The third-order valence-electron chi connectivity index (χ3n) is 5.26. The van der Waals surface area contributed by atoms with Gasteiger partial charge in [-0.05, 0) is 24.5 Å². The number of rotatable bonds is 4. The van der Waals surface area contributed by atoms with Crippen molar-refractivity contribution < 1.29 is 10.0 Å². The largest absolute Gasteiger partial charge is 0.502 e. The Hall–Kier alpha value is -2.56. The second kappa shape index (κ2) is 5.82. The first kappa shape index (κ1) is 16.3. The van der Waals surface area contributed by atoms with Gasteiger partial charge in [0.2, 0.25) is 0 Å². The van der Waals surface area contributed by atoms with Crippen molar-refractivity contribution in [2.75, 3.05) is 11.9 Å². The maximum atomic E-state index is 11.0. The third-order valence-corrected chi connectivity index (χ3v) is 5.26. The Labute approximate surface area is 141 Å². The van der Waals surface area contributed by atoms with Gasteiger partial charge in [0, 0.05) is 35.8 Å². The van der Waals surface area contributed by atoms with Gasteiger partial charge in [-0.1, -0.05) is 44.2 Å². The van der Waals surface area contributed by atoms with Crippen molar-refractivity contribution in [2.24, 2.45) is 0 Å². The number of nitro benzene ring substituents is 1. The summed E-state index contributed by atoms with van der Waals surface area (Å²) >= 11 is 0. The maximum Gasteiger partial charge on any atom is 0.310 e. The van der Waals surface area contributed by atoms with E-state index in [1.165, 1.54) is 17.3 Å². The second-order valence-electron chi connectivity index (χ2n) is 6.95. The zero-order chi connectivity index (χ0) is 17.5. The van der Waals surface area contributed by atoms with Crippen LogP contribution in [-0.2, 0) is 11.8 Å². The minimum atomic E-state index is -0.541. The topological polar surface area (TPSA) is 66.6 Å². The summed E-state index contributed by atoms with van der Waals surface area (Å²) < 4.78 is 0. The number of anilines is 1. The number of aromatic hydroxyl groups is 1. The number of benzene rings is 2. The van der Waals surface area contributed by atoms with Crippen LogP contribution in [0.1, 0.15) is 31.4 Å². The van der Waals surface area contributed by atoms with Crippen LogP contribution in [0, 0.1) is 10.1 Å². The first-order valence-electron chi connectivity index (χ1n) is 8.11. The molecule has 1 aliphatic heterocycles. The molecule has 1 aliphatic rings. The van der Waals surface area contributed by atoms with Gasteiger partial charge >= 0.3 is 5.69 Å². The smallest absolute Gasteiger partial charge is 0.310 e. The van der Waals surface area contributed by atoms with Gasteiger partial charge in [-0.15, -0.1) is 0 Å². The summed E-state index contributed by atoms with van der Waals surface area (Å²) in [6.07, 6.45) is 1.41. The molecule has 126 valence electrons. The number of hydrogen-bond acceptors (Lipinski definition) is 4. The first-order valence-corrected chi connectivity index (χ1v) is 8.11. The maximum absolute atomic E-state index is 11.0. The second-order valence-corrected chi connectivity index (χ2v) is 6.95. The highest BCUT2D eigenvalue weighted by Gasteiger charge is 2.42. The molecular formula is C19H22N2O3. The number of para-hydroxylation sites is 2. The summed E-state index contributed by atoms with van der Waals surface area (Å²) in [6.45, 7) is 4.46. The summed E-state index contributed by atoms with van der Waals surface area (Å²) in [7, 11) is 2.09. The van der Waals surface area contributed by atoms with Crippen LogP contribution < -0.4 is 4.90 Å². The van der Waals surface area contributed by atoms with E-state index < -0.39 is 4.92 Å². The number of likely N-dealkylation sites (N-methyl/N-ethyl adjacent to an activating group) is 1. The van der Waals surface area contributed by atoms with E-state index in [-0.39, 0.29) is 22.9 Å². The Morgan fingerprint density at radius 1 is 1.21 bits per heavy atom. The van der Waals surface area contributed by atoms with Crippen LogP contribution in [0.2, 0.25) is 0 Å². The summed E-state index contributed by atoms with van der Waals surface area (Å²) in [5, 5.41) is 21.1. The van der Waals surface area contributed by atoms with E-state index in [1.54, 1.807) is 12.1 Å². The fraction of sp³-hybridized carbons (Fsp3) is 0.368. The van der Waals surface area contributed by atoms with E-state index in [0.717, 1.165) is 6.42 Å². The molecule has 1 N–H and O–H groups in total. The van der Waals surface area contributed by atoms with Gasteiger partial charge in [0.15, 0.2) is 5.75 Å². The fourth-order valence-electron chi connectivity index (χ4n) is 3.93. The molecule has 5 nitrogen and oxygen atoms in total. The van der Waals surface area contributed by atoms with Gasteiger partial charge in [-0.3, -0.25) is 10.1 Å². The molecule has 5 heteroatoms. The van der Waals surface area contributed by atoms with E-state index in [1.807, 2.05) is 6.07 Å². The molecule has 1 heterocycles. The summed E-state index contributed by atoms with van der Waals surface area (Å²) in [5.74, 6) is -0.210. The van der Waals surface area contributed by atoms with E-state index >= 15 is 0 Å². The fourth-order valence-corrected chi connectivity index (χ4v) is 3.93. The molecular weight excluding hydrogens is 304 g/mol. The zero-order valence-electron chi connectivity index (χ0n) is 14.2. The molecule has 0 saturated heterocycles. The molecule has 24 heavy (non-hydrogen) atoms. The molecule has 0 fully saturated rings. The predicted molar refractivity (Wildman–Crippen MR) is 94.7 cm³/mol. The van der Waals surface area contributed by atoms with E-state index in [2.05, 4.69) is 44.0 Å². The lowest BCUT2D eigenvalue weighted by atomic mass is 9.78. The predicted octanol–water partition coefficient (Wildman–Crippen LogP) is 4.03. The van der Waals surface area contributed by atoms with E-state index in [0.29, 0.717) is 12.0 Å². The van der Waals surface area contributed by atoms with Gasteiger partial charge in [0.1, 0.15) is 0 Å². The van der Waals surface area contributed by atoms with E-state index in [4.69, 9.17) is 0 Å². The molecule has 2 aromatic carbocycles. The monoisotopic (exact) mass is 326 g/mol.